The van der Waals surface area contributed by atoms with Crippen molar-refractivity contribution in [3.8, 4) is 0 Å². The van der Waals surface area contributed by atoms with Gasteiger partial charge in [0.05, 0.1) is 22.4 Å². The van der Waals surface area contributed by atoms with E-state index in [1.165, 1.54) is 15.6 Å². The maximum atomic E-state index is 11.7. The van der Waals surface area contributed by atoms with Gasteiger partial charge in [0.25, 0.3) is 0 Å². The lowest BCUT2D eigenvalue weighted by Crippen LogP contribution is -2.24. The largest absolute Gasteiger partial charge is 0.345 e. The molecule has 0 aromatic carbocycles. The molecular weight excluding hydrogens is 286 g/mol. The first kappa shape index (κ1) is 12.1. The predicted octanol–water partition coefficient (Wildman–Crippen LogP) is 0.688. The van der Waals surface area contributed by atoms with Gasteiger partial charge in [-0.25, -0.2) is 9.48 Å². The number of hydrogen-bond acceptors (Lipinski definition) is 3. The molecule has 0 N–H and O–H groups in total. The normalized spacial score (nSPS) is 11.1. The zero-order chi connectivity index (χ0) is 12.6. The average molecular weight is 300 g/mol. The Labute approximate surface area is 107 Å². The van der Waals surface area contributed by atoms with Crippen LogP contribution in [0.25, 0.3) is 0 Å². The third-order valence-corrected chi connectivity index (χ3v) is 3.60. The maximum Gasteiger partial charge on any atom is 0.345 e. The molecule has 7 heteroatoms. The van der Waals surface area contributed by atoms with Crippen LogP contribution < -0.4 is 5.69 Å². The Balaban J connectivity index is 2.40. The topological polar surface area (TPSA) is 57.6 Å². The standard InChI is InChI=1S/C10H14BrN5O/c1-4-7-9(11)8(15(3)13-7)5-16-10(17)14(2)6-12-16/h6H,4-5H2,1-3H3. The monoisotopic (exact) mass is 299 g/mol. The molecule has 0 fully saturated rings. The minimum Gasteiger partial charge on any atom is -0.285 e. The molecule has 0 aliphatic carbocycles. The van der Waals surface area contributed by atoms with Gasteiger partial charge in [0.2, 0.25) is 0 Å². The van der Waals surface area contributed by atoms with Crippen molar-refractivity contribution in [3.05, 3.63) is 32.7 Å². The van der Waals surface area contributed by atoms with Gasteiger partial charge in [-0.2, -0.15) is 10.2 Å². The Bertz CT molecular complexity index is 594. The first-order valence-corrected chi connectivity index (χ1v) is 6.12. The Kier molecular flexibility index (Phi) is 3.19. The van der Waals surface area contributed by atoms with Crippen LogP contribution in [0, 0.1) is 0 Å². The second-order valence-electron chi connectivity index (χ2n) is 3.87. The summed E-state index contributed by atoms with van der Waals surface area (Å²) < 4.78 is 5.61. The molecule has 0 radical (unpaired) electrons. The molecule has 2 rings (SSSR count). The van der Waals surface area contributed by atoms with Gasteiger partial charge in [0.15, 0.2) is 0 Å². The summed E-state index contributed by atoms with van der Waals surface area (Å²) in [6.45, 7) is 2.47. The molecule has 92 valence electrons. The first-order valence-electron chi connectivity index (χ1n) is 5.33. The van der Waals surface area contributed by atoms with E-state index in [1.54, 1.807) is 11.7 Å². The van der Waals surface area contributed by atoms with E-state index in [9.17, 15) is 4.79 Å². The summed E-state index contributed by atoms with van der Waals surface area (Å²) in [5.41, 5.74) is 1.81. The third kappa shape index (κ3) is 2.06. The Morgan fingerprint density at radius 3 is 2.59 bits per heavy atom. The van der Waals surface area contributed by atoms with Crippen molar-refractivity contribution < 1.29 is 0 Å². The molecule has 17 heavy (non-hydrogen) atoms. The second-order valence-corrected chi connectivity index (χ2v) is 4.66. The van der Waals surface area contributed by atoms with E-state index in [0.717, 1.165) is 22.3 Å². The van der Waals surface area contributed by atoms with E-state index in [0.29, 0.717) is 6.54 Å². The fourth-order valence-electron chi connectivity index (χ4n) is 1.66. The third-order valence-electron chi connectivity index (χ3n) is 2.69. The smallest absolute Gasteiger partial charge is 0.285 e. The molecule has 2 heterocycles. The molecule has 6 nitrogen and oxygen atoms in total. The summed E-state index contributed by atoms with van der Waals surface area (Å²) in [5.74, 6) is 0. The first-order chi connectivity index (χ1) is 8.04. The number of aromatic nitrogens is 5. The molecule has 0 atom stereocenters. The molecular formula is C10H14BrN5O. The van der Waals surface area contributed by atoms with Crippen molar-refractivity contribution in [2.45, 2.75) is 19.9 Å². The van der Waals surface area contributed by atoms with Gasteiger partial charge in [0.1, 0.15) is 6.33 Å². The van der Waals surface area contributed by atoms with E-state index in [4.69, 9.17) is 0 Å². The van der Waals surface area contributed by atoms with Crippen LogP contribution >= 0.6 is 15.9 Å². The van der Waals surface area contributed by atoms with Gasteiger partial charge in [0, 0.05) is 14.1 Å². The molecule has 2 aromatic heterocycles. The SMILES string of the molecule is CCc1nn(C)c(Cn2ncn(C)c2=O)c1Br. The van der Waals surface area contributed by atoms with Crippen molar-refractivity contribution in [1.82, 2.24) is 24.1 Å². The van der Waals surface area contributed by atoms with E-state index in [-0.39, 0.29) is 5.69 Å². The van der Waals surface area contributed by atoms with Gasteiger partial charge in [-0.05, 0) is 22.4 Å². The van der Waals surface area contributed by atoms with Crippen LogP contribution in [0.15, 0.2) is 15.6 Å². The number of nitrogens with zero attached hydrogens (tertiary/aromatic N) is 5. The van der Waals surface area contributed by atoms with Gasteiger partial charge in [-0.15, -0.1) is 0 Å². The minimum atomic E-state index is -0.129. The molecule has 0 unspecified atom stereocenters. The lowest BCUT2D eigenvalue weighted by molar-refractivity contribution is 0.594. The van der Waals surface area contributed by atoms with Crippen molar-refractivity contribution in [3.63, 3.8) is 0 Å². The Hall–Kier alpha value is -1.37. The molecule has 0 aliphatic heterocycles. The van der Waals surface area contributed by atoms with Crippen LogP contribution in [0.3, 0.4) is 0 Å². The van der Waals surface area contributed by atoms with Crippen LogP contribution in [0.5, 0.6) is 0 Å². The minimum absolute atomic E-state index is 0.129. The fraction of sp³-hybridized carbons (Fsp3) is 0.500. The zero-order valence-corrected chi connectivity index (χ0v) is 11.6. The van der Waals surface area contributed by atoms with Crippen LogP contribution in [0.2, 0.25) is 0 Å². The molecule has 0 saturated heterocycles. The van der Waals surface area contributed by atoms with Gasteiger partial charge >= 0.3 is 5.69 Å². The van der Waals surface area contributed by atoms with Crippen molar-refractivity contribution >= 4 is 15.9 Å². The number of aryl methyl sites for hydroxylation is 3. The second kappa shape index (κ2) is 4.48. The highest BCUT2D eigenvalue weighted by molar-refractivity contribution is 9.10. The molecule has 0 amide bonds. The molecule has 0 bridgehead atoms. The fourth-order valence-corrected chi connectivity index (χ4v) is 2.40. The molecule has 0 spiro atoms. The van der Waals surface area contributed by atoms with Gasteiger partial charge < -0.3 is 0 Å². The zero-order valence-electron chi connectivity index (χ0n) is 10.0. The van der Waals surface area contributed by atoms with Gasteiger partial charge in [-0.1, -0.05) is 6.92 Å². The van der Waals surface area contributed by atoms with Crippen molar-refractivity contribution in [2.24, 2.45) is 14.1 Å². The average Bonchev–Trinajstić information content (AvgIpc) is 2.76. The van der Waals surface area contributed by atoms with E-state index in [1.807, 2.05) is 14.0 Å². The van der Waals surface area contributed by atoms with Crippen molar-refractivity contribution in [2.75, 3.05) is 0 Å². The van der Waals surface area contributed by atoms with Crippen LogP contribution in [-0.4, -0.2) is 24.1 Å². The summed E-state index contributed by atoms with van der Waals surface area (Å²) in [6.07, 6.45) is 2.36. The van der Waals surface area contributed by atoms with E-state index >= 15 is 0 Å². The lowest BCUT2D eigenvalue weighted by Gasteiger charge is -2.01. The Morgan fingerprint density at radius 1 is 1.41 bits per heavy atom. The number of halogens is 1. The lowest BCUT2D eigenvalue weighted by atomic mass is 10.3. The number of hydrogen-bond donors (Lipinski definition) is 0. The highest BCUT2D eigenvalue weighted by atomic mass is 79.9. The molecule has 2 aromatic rings. The number of rotatable bonds is 3. The molecule has 0 aliphatic rings. The summed E-state index contributed by atoms with van der Waals surface area (Å²) in [7, 11) is 3.55. The summed E-state index contributed by atoms with van der Waals surface area (Å²) in [4.78, 5) is 11.7. The quantitative estimate of drug-likeness (QED) is 0.838. The van der Waals surface area contributed by atoms with Crippen LogP contribution in [0.4, 0.5) is 0 Å². The van der Waals surface area contributed by atoms with E-state index < -0.39 is 0 Å². The molecule has 0 saturated carbocycles. The van der Waals surface area contributed by atoms with Crippen LogP contribution in [-0.2, 0) is 27.1 Å². The maximum absolute atomic E-state index is 11.7. The van der Waals surface area contributed by atoms with E-state index in [2.05, 4.69) is 26.1 Å². The highest BCUT2D eigenvalue weighted by Gasteiger charge is 2.14. The summed E-state index contributed by atoms with van der Waals surface area (Å²) in [6, 6.07) is 0. The van der Waals surface area contributed by atoms with Crippen molar-refractivity contribution in [1.29, 1.82) is 0 Å². The highest BCUT2D eigenvalue weighted by Crippen LogP contribution is 2.21. The predicted molar refractivity (Wildman–Crippen MR) is 66.9 cm³/mol. The van der Waals surface area contributed by atoms with Gasteiger partial charge in [-0.3, -0.25) is 9.25 Å². The summed E-state index contributed by atoms with van der Waals surface area (Å²) in [5, 5.41) is 8.41. The summed E-state index contributed by atoms with van der Waals surface area (Å²) >= 11 is 3.52. The Morgan fingerprint density at radius 2 is 2.12 bits per heavy atom. The van der Waals surface area contributed by atoms with Crippen LogP contribution in [0.1, 0.15) is 18.3 Å².